The molecule has 0 aromatic carbocycles. The van der Waals surface area contributed by atoms with Crippen LogP contribution in [-0.4, -0.2) is 22.4 Å². The molecule has 2 N–H and O–H groups in total. The molecule has 0 radical (unpaired) electrons. The van der Waals surface area contributed by atoms with E-state index in [4.69, 9.17) is 0 Å². The summed E-state index contributed by atoms with van der Waals surface area (Å²) in [5, 5.41) is 18.8. The quantitative estimate of drug-likeness (QED) is 0.620. The van der Waals surface area contributed by atoms with E-state index in [9.17, 15) is 10.2 Å². The molecule has 12 heavy (non-hydrogen) atoms. The molecule has 0 amide bonds. The van der Waals surface area contributed by atoms with Crippen molar-refractivity contribution < 1.29 is 10.2 Å². The van der Waals surface area contributed by atoms with E-state index >= 15 is 0 Å². The summed E-state index contributed by atoms with van der Waals surface area (Å²) in [7, 11) is 0. The van der Waals surface area contributed by atoms with Gasteiger partial charge in [-0.2, -0.15) is 0 Å². The molecule has 0 saturated carbocycles. The number of aliphatic hydroxyl groups excluding tert-OH is 2. The Bertz CT molecular complexity index is 93.8. The molecule has 0 aromatic heterocycles. The first kappa shape index (κ1) is 11.9. The average Bonchev–Trinajstić information content (AvgIpc) is 2.01. The molecule has 2 atom stereocenters. The predicted molar refractivity (Wildman–Crippen MR) is 51.1 cm³/mol. The summed E-state index contributed by atoms with van der Waals surface area (Å²) >= 11 is 0. The number of rotatable bonds is 7. The van der Waals surface area contributed by atoms with E-state index < -0.39 is 0 Å². The van der Waals surface area contributed by atoms with Gasteiger partial charge in [-0.15, -0.1) is 0 Å². The fraction of sp³-hybridized carbons (Fsp3) is 1.00. The molecule has 0 aromatic rings. The molecule has 0 saturated heterocycles. The van der Waals surface area contributed by atoms with Crippen LogP contribution in [0.15, 0.2) is 0 Å². The van der Waals surface area contributed by atoms with Gasteiger partial charge in [0.2, 0.25) is 0 Å². The molecule has 0 aliphatic heterocycles. The molecule has 0 aliphatic rings. The normalized spacial score (nSPS) is 16.0. The van der Waals surface area contributed by atoms with Crippen LogP contribution in [0.25, 0.3) is 0 Å². The summed E-state index contributed by atoms with van der Waals surface area (Å²) in [6.45, 7) is 4.15. The lowest BCUT2D eigenvalue weighted by Crippen LogP contribution is -2.17. The van der Waals surface area contributed by atoms with E-state index in [0.29, 0.717) is 6.42 Å². The highest BCUT2D eigenvalue weighted by Crippen LogP contribution is 2.09. The summed E-state index contributed by atoms with van der Waals surface area (Å²) in [5.41, 5.74) is 0. The maximum absolute atomic E-state index is 9.42. The highest BCUT2D eigenvalue weighted by atomic mass is 16.3. The summed E-state index contributed by atoms with van der Waals surface area (Å²) < 4.78 is 0. The van der Waals surface area contributed by atoms with Crippen molar-refractivity contribution in [1.82, 2.24) is 0 Å². The van der Waals surface area contributed by atoms with Crippen molar-refractivity contribution in [2.45, 2.75) is 64.6 Å². The minimum atomic E-state index is -0.304. The smallest absolute Gasteiger partial charge is 0.0564 e. The van der Waals surface area contributed by atoms with Gasteiger partial charge in [0, 0.05) is 0 Å². The SMILES string of the molecule is CCCCC(O)CC(O)CCC. The van der Waals surface area contributed by atoms with Gasteiger partial charge in [0.25, 0.3) is 0 Å². The van der Waals surface area contributed by atoms with Gasteiger partial charge in [-0.05, 0) is 19.3 Å². The average molecular weight is 174 g/mol. The first-order valence-corrected chi connectivity index (χ1v) is 5.06. The highest BCUT2D eigenvalue weighted by molar-refractivity contribution is 4.62. The van der Waals surface area contributed by atoms with Crippen molar-refractivity contribution in [3.8, 4) is 0 Å². The van der Waals surface area contributed by atoms with Crippen molar-refractivity contribution >= 4 is 0 Å². The van der Waals surface area contributed by atoms with Gasteiger partial charge < -0.3 is 10.2 Å². The Labute approximate surface area is 75.6 Å². The summed E-state index contributed by atoms with van der Waals surface area (Å²) in [6, 6.07) is 0. The van der Waals surface area contributed by atoms with Crippen LogP contribution in [-0.2, 0) is 0 Å². The molecule has 0 fully saturated rings. The maximum Gasteiger partial charge on any atom is 0.0564 e. The Balaban J connectivity index is 3.33. The fourth-order valence-electron chi connectivity index (χ4n) is 1.32. The van der Waals surface area contributed by atoms with Gasteiger partial charge >= 0.3 is 0 Å². The van der Waals surface area contributed by atoms with Crippen LogP contribution in [0.3, 0.4) is 0 Å². The first-order chi connectivity index (χ1) is 5.70. The van der Waals surface area contributed by atoms with Crippen molar-refractivity contribution in [2.24, 2.45) is 0 Å². The zero-order valence-electron chi connectivity index (χ0n) is 8.29. The Hall–Kier alpha value is -0.0800. The van der Waals surface area contributed by atoms with E-state index in [0.717, 1.165) is 32.1 Å². The van der Waals surface area contributed by atoms with Crippen molar-refractivity contribution in [1.29, 1.82) is 0 Å². The summed E-state index contributed by atoms with van der Waals surface area (Å²) in [5.74, 6) is 0. The van der Waals surface area contributed by atoms with Crippen molar-refractivity contribution in [3.05, 3.63) is 0 Å². The molecular weight excluding hydrogens is 152 g/mol. The molecule has 0 aliphatic carbocycles. The molecule has 0 heterocycles. The molecule has 2 nitrogen and oxygen atoms in total. The predicted octanol–water partition coefficient (Wildman–Crippen LogP) is 2.09. The van der Waals surface area contributed by atoms with Gasteiger partial charge in [-0.25, -0.2) is 0 Å². The van der Waals surface area contributed by atoms with Gasteiger partial charge in [0.15, 0.2) is 0 Å². The Morgan fingerprint density at radius 3 is 2.00 bits per heavy atom. The topological polar surface area (TPSA) is 40.5 Å². The number of hydrogen-bond donors (Lipinski definition) is 2. The van der Waals surface area contributed by atoms with Crippen LogP contribution < -0.4 is 0 Å². The van der Waals surface area contributed by atoms with Crippen LogP contribution in [0.4, 0.5) is 0 Å². The lowest BCUT2D eigenvalue weighted by Gasteiger charge is -2.14. The maximum atomic E-state index is 9.42. The minimum absolute atomic E-state index is 0.300. The van der Waals surface area contributed by atoms with Crippen LogP contribution in [0, 0.1) is 0 Å². The minimum Gasteiger partial charge on any atom is -0.393 e. The molecule has 0 spiro atoms. The van der Waals surface area contributed by atoms with Crippen LogP contribution >= 0.6 is 0 Å². The number of unbranched alkanes of at least 4 members (excludes halogenated alkanes) is 1. The molecule has 2 unspecified atom stereocenters. The lowest BCUT2D eigenvalue weighted by molar-refractivity contribution is 0.0695. The first-order valence-electron chi connectivity index (χ1n) is 5.06. The molecule has 0 bridgehead atoms. The van der Waals surface area contributed by atoms with Crippen molar-refractivity contribution in [2.75, 3.05) is 0 Å². The second kappa shape index (κ2) is 7.56. The van der Waals surface area contributed by atoms with E-state index in [1.54, 1.807) is 0 Å². The van der Waals surface area contributed by atoms with Crippen LogP contribution in [0.2, 0.25) is 0 Å². The van der Waals surface area contributed by atoms with E-state index in [1.807, 2.05) is 6.92 Å². The van der Waals surface area contributed by atoms with E-state index in [1.165, 1.54) is 0 Å². The lowest BCUT2D eigenvalue weighted by atomic mass is 10.0. The van der Waals surface area contributed by atoms with Crippen LogP contribution in [0.5, 0.6) is 0 Å². The molecule has 0 rings (SSSR count). The third kappa shape index (κ3) is 6.62. The number of aliphatic hydroxyl groups is 2. The van der Waals surface area contributed by atoms with Gasteiger partial charge in [0.1, 0.15) is 0 Å². The largest absolute Gasteiger partial charge is 0.393 e. The van der Waals surface area contributed by atoms with E-state index in [2.05, 4.69) is 6.92 Å². The standard InChI is InChI=1S/C10H22O2/c1-3-5-7-10(12)8-9(11)6-4-2/h9-12H,3-8H2,1-2H3. The zero-order valence-corrected chi connectivity index (χ0v) is 8.29. The van der Waals surface area contributed by atoms with Crippen LogP contribution in [0.1, 0.15) is 52.4 Å². The summed E-state index contributed by atoms with van der Waals surface area (Å²) in [4.78, 5) is 0. The van der Waals surface area contributed by atoms with Crippen molar-refractivity contribution in [3.63, 3.8) is 0 Å². The molecular formula is C10H22O2. The molecule has 74 valence electrons. The van der Waals surface area contributed by atoms with Gasteiger partial charge in [-0.3, -0.25) is 0 Å². The van der Waals surface area contributed by atoms with Gasteiger partial charge in [0.05, 0.1) is 12.2 Å². The Morgan fingerprint density at radius 2 is 1.50 bits per heavy atom. The Kier molecular flexibility index (Phi) is 7.51. The fourth-order valence-corrected chi connectivity index (χ4v) is 1.32. The van der Waals surface area contributed by atoms with Gasteiger partial charge in [-0.1, -0.05) is 33.1 Å². The zero-order chi connectivity index (χ0) is 9.40. The third-order valence-electron chi connectivity index (χ3n) is 2.06. The Morgan fingerprint density at radius 1 is 0.917 bits per heavy atom. The highest BCUT2D eigenvalue weighted by Gasteiger charge is 2.09. The number of hydrogen-bond acceptors (Lipinski definition) is 2. The second-order valence-electron chi connectivity index (χ2n) is 3.47. The third-order valence-corrected chi connectivity index (χ3v) is 2.06. The summed E-state index contributed by atoms with van der Waals surface area (Å²) in [6.07, 6.45) is 4.74. The monoisotopic (exact) mass is 174 g/mol. The molecule has 2 heteroatoms. The second-order valence-corrected chi connectivity index (χ2v) is 3.47. The van der Waals surface area contributed by atoms with E-state index in [-0.39, 0.29) is 12.2 Å².